The third kappa shape index (κ3) is 2.96. The molecule has 0 fully saturated rings. The van der Waals surface area contributed by atoms with E-state index in [1.807, 2.05) is 41.1 Å². The summed E-state index contributed by atoms with van der Waals surface area (Å²) in [5.74, 6) is 1.16. The topological polar surface area (TPSA) is 52.0 Å². The van der Waals surface area contributed by atoms with Crippen LogP contribution < -0.4 is 10.1 Å². The summed E-state index contributed by atoms with van der Waals surface area (Å²) in [7, 11) is 0. The number of benzene rings is 3. The van der Waals surface area contributed by atoms with Gasteiger partial charge in [-0.05, 0) is 47.5 Å². The number of hydrogen-bond donors (Lipinski definition) is 1. The van der Waals surface area contributed by atoms with Crippen molar-refractivity contribution in [3.63, 3.8) is 0 Å². The Morgan fingerprint density at radius 3 is 2.48 bits per heavy atom. The Balaban J connectivity index is 1.62. The van der Waals surface area contributed by atoms with Gasteiger partial charge in [-0.25, -0.2) is 9.07 Å². The third-order valence-electron chi connectivity index (χ3n) is 5.68. The third-order valence-corrected chi connectivity index (χ3v) is 6.21. The van der Waals surface area contributed by atoms with Crippen LogP contribution in [0.15, 0.2) is 89.2 Å². The Labute approximate surface area is 186 Å². The van der Waals surface area contributed by atoms with Gasteiger partial charge in [0.2, 0.25) is 5.95 Å². The first-order valence-corrected chi connectivity index (χ1v) is 10.7. The van der Waals surface area contributed by atoms with Gasteiger partial charge in [0.05, 0.1) is 5.70 Å². The first-order chi connectivity index (χ1) is 15.2. The first-order valence-electron chi connectivity index (χ1n) is 9.86. The average molecular weight is 475 g/mol. The fraction of sp³-hybridized carbons (Fsp3) is 0.0833. The highest BCUT2D eigenvalue weighted by Gasteiger charge is 2.40. The molecule has 0 bridgehead atoms. The smallest absolute Gasteiger partial charge is 0.226 e. The molecule has 2 atom stereocenters. The summed E-state index contributed by atoms with van der Waals surface area (Å²) in [5, 5.41) is 7.97. The number of halogens is 2. The van der Waals surface area contributed by atoms with E-state index in [1.165, 1.54) is 12.1 Å². The molecule has 3 aromatic carbocycles. The minimum atomic E-state index is -0.413. The number of nitrogens with one attached hydrogen (secondary N) is 1. The van der Waals surface area contributed by atoms with Gasteiger partial charge in [0.1, 0.15) is 30.0 Å². The van der Waals surface area contributed by atoms with E-state index in [0.29, 0.717) is 5.95 Å². The lowest BCUT2D eigenvalue weighted by Crippen LogP contribution is -2.32. The molecule has 6 rings (SSSR count). The summed E-state index contributed by atoms with van der Waals surface area (Å²) in [5.41, 5.74) is 4.84. The molecule has 152 valence electrons. The molecule has 0 unspecified atom stereocenters. The number of fused-ring (bicyclic) bond motifs is 3. The van der Waals surface area contributed by atoms with Crippen LogP contribution >= 0.6 is 15.9 Å². The second-order valence-electron chi connectivity index (χ2n) is 7.48. The van der Waals surface area contributed by atoms with E-state index in [1.54, 1.807) is 18.5 Å². The van der Waals surface area contributed by atoms with E-state index >= 15 is 0 Å². The van der Waals surface area contributed by atoms with Crippen molar-refractivity contribution in [2.45, 2.75) is 12.1 Å². The van der Waals surface area contributed by atoms with Crippen molar-refractivity contribution in [2.24, 2.45) is 0 Å². The molecule has 0 spiro atoms. The predicted molar refractivity (Wildman–Crippen MR) is 119 cm³/mol. The number of ether oxygens (including phenoxy) is 1. The lowest BCUT2D eigenvalue weighted by molar-refractivity contribution is 0.223. The highest BCUT2D eigenvalue weighted by Crippen LogP contribution is 2.50. The van der Waals surface area contributed by atoms with Gasteiger partial charge in [-0.2, -0.15) is 10.1 Å². The lowest BCUT2D eigenvalue weighted by atomic mass is 9.84. The van der Waals surface area contributed by atoms with Gasteiger partial charge >= 0.3 is 0 Å². The van der Waals surface area contributed by atoms with Gasteiger partial charge in [0, 0.05) is 15.6 Å². The highest BCUT2D eigenvalue weighted by molar-refractivity contribution is 9.10. The molecule has 0 radical (unpaired) electrons. The summed E-state index contributed by atoms with van der Waals surface area (Å²) in [6.45, 7) is 0. The normalized spacial score (nSPS) is 19.0. The zero-order chi connectivity index (χ0) is 20.9. The molecule has 5 nitrogen and oxygen atoms in total. The van der Waals surface area contributed by atoms with E-state index in [9.17, 15) is 4.39 Å². The van der Waals surface area contributed by atoms with Gasteiger partial charge in [-0.15, -0.1) is 0 Å². The summed E-state index contributed by atoms with van der Waals surface area (Å²) in [6.07, 6.45) is 1.13. The van der Waals surface area contributed by atoms with Crippen LogP contribution in [0.5, 0.6) is 5.75 Å². The molecule has 1 N–H and O–H groups in total. The molecular formula is C24H16BrFN4O. The molecule has 0 amide bonds. The zero-order valence-corrected chi connectivity index (χ0v) is 17.8. The quantitative estimate of drug-likeness (QED) is 0.402. The fourth-order valence-corrected chi connectivity index (χ4v) is 4.56. The molecule has 4 aromatic rings. The lowest BCUT2D eigenvalue weighted by Gasteiger charge is -2.39. The number of anilines is 1. The molecule has 0 saturated carbocycles. The standard InChI is InChI=1S/C24H16BrFN4O/c25-16-9-5-14(6-10-16)22-20-21(29-24-27-13-28-30(22)24)18-3-1-2-4-19(18)31-23(20)15-7-11-17(26)12-8-15/h1-13,22-23H,(H,27,28,29)/t22-,23-/m1/s1. The second kappa shape index (κ2) is 7.06. The number of hydrogen-bond acceptors (Lipinski definition) is 4. The molecule has 3 heterocycles. The van der Waals surface area contributed by atoms with Gasteiger partial charge in [-0.1, -0.05) is 52.3 Å². The highest BCUT2D eigenvalue weighted by atomic mass is 79.9. The van der Waals surface area contributed by atoms with Crippen LogP contribution in [0, 0.1) is 5.82 Å². The Hall–Kier alpha value is -3.45. The van der Waals surface area contributed by atoms with Gasteiger partial charge in [0.15, 0.2) is 0 Å². The van der Waals surface area contributed by atoms with Crippen LogP contribution in [-0.2, 0) is 0 Å². The molecule has 7 heteroatoms. The maximum absolute atomic E-state index is 13.7. The molecule has 2 aliphatic rings. The summed E-state index contributed by atoms with van der Waals surface area (Å²) in [6, 6.07) is 22.3. The Morgan fingerprint density at radius 2 is 1.68 bits per heavy atom. The number of aromatic nitrogens is 3. The predicted octanol–water partition coefficient (Wildman–Crippen LogP) is 5.74. The SMILES string of the molecule is Fc1ccc([C@H]2Oc3ccccc3C3=C2[C@@H](c2ccc(Br)cc2)n2ncnc2N3)cc1. The van der Waals surface area contributed by atoms with E-state index in [-0.39, 0.29) is 11.9 Å². The van der Waals surface area contributed by atoms with E-state index < -0.39 is 6.10 Å². The van der Waals surface area contributed by atoms with Crippen LogP contribution in [0.1, 0.15) is 28.8 Å². The Bertz CT molecular complexity index is 1310. The van der Waals surface area contributed by atoms with Crippen molar-refractivity contribution in [2.75, 3.05) is 5.32 Å². The molecule has 1 aromatic heterocycles. The number of rotatable bonds is 2. The monoisotopic (exact) mass is 474 g/mol. The molecule has 31 heavy (non-hydrogen) atoms. The molecule has 0 aliphatic carbocycles. The van der Waals surface area contributed by atoms with E-state index in [0.717, 1.165) is 38.2 Å². The molecule has 2 aliphatic heterocycles. The average Bonchev–Trinajstić information content (AvgIpc) is 3.27. The largest absolute Gasteiger partial charge is 0.480 e. The van der Waals surface area contributed by atoms with Crippen molar-refractivity contribution >= 4 is 27.6 Å². The maximum Gasteiger partial charge on any atom is 0.226 e. The van der Waals surface area contributed by atoms with Gasteiger partial charge < -0.3 is 10.1 Å². The Kier molecular flexibility index (Phi) is 4.17. The van der Waals surface area contributed by atoms with E-state index in [2.05, 4.69) is 43.5 Å². The van der Waals surface area contributed by atoms with Crippen LogP contribution in [0.25, 0.3) is 5.70 Å². The zero-order valence-electron chi connectivity index (χ0n) is 16.2. The summed E-state index contributed by atoms with van der Waals surface area (Å²) < 4.78 is 23.0. The van der Waals surface area contributed by atoms with E-state index in [4.69, 9.17) is 4.74 Å². The Morgan fingerprint density at radius 1 is 0.935 bits per heavy atom. The minimum Gasteiger partial charge on any atom is -0.480 e. The van der Waals surface area contributed by atoms with Gasteiger partial charge in [0.25, 0.3) is 0 Å². The van der Waals surface area contributed by atoms with Crippen LogP contribution in [0.2, 0.25) is 0 Å². The van der Waals surface area contributed by atoms with Crippen molar-refractivity contribution in [3.8, 4) is 5.75 Å². The summed E-state index contributed by atoms with van der Waals surface area (Å²) >= 11 is 3.52. The van der Waals surface area contributed by atoms with Gasteiger partial charge in [-0.3, -0.25) is 0 Å². The van der Waals surface area contributed by atoms with Crippen molar-refractivity contribution < 1.29 is 9.13 Å². The van der Waals surface area contributed by atoms with Crippen LogP contribution in [0.4, 0.5) is 10.3 Å². The first kappa shape index (κ1) is 18.3. The number of nitrogens with zero attached hydrogens (tertiary/aromatic N) is 3. The fourth-order valence-electron chi connectivity index (χ4n) is 4.30. The minimum absolute atomic E-state index is 0.231. The summed E-state index contributed by atoms with van der Waals surface area (Å²) in [4.78, 5) is 4.43. The molecule has 0 saturated heterocycles. The van der Waals surface area contributed by atoms with Crippen molar-refractivity contribution in [1.82, 2.24) is 14.8 Å². The molecular weight excluding hydrogens is 459 g/mol. The van der Waals surface area contributed by atoms with Crippen molar-refractivity contribution in [1.29, 1.82) is 0 Å². The van der Waals surface area contributed by atoms with Crippen LogP contribution in [-0.4, -0.2) is 14.8 Å². The number of para-hydroxylation sites is 1. The van der Waals surface area contributed by atoms with Crippen molar-refractivity contribution in [3.05, 3.63) is 112 Å². The van der Waals surface area contributed by atoms with Crippen LogP contribution in [0.3, 0.4) is 0 Å². The second-order valence-corrected chi connectivity index (χ2v) is 8.40. The maximum atomic E-state index is 13.7.